The second-order valence-electron chi connectivity index (χ2n) is 9.75. The van der Waals surface area contributed by atoms with Crippen molar-refractivity contribution in [3.63, 3.8) is 0 Å². The van der Waals surface area contributed by atoms with E-state index >= 15 is 0 Å². The molecule has 2 aliphatic rings. The molecule has 3 aromatic rings. The molecule has 1 atom stereocenters. The Balaban J connectivity index is 1.35. The number of ether oxygens (including phenoxy) is 2. The van der Waals surface area contributed by atoms with Crippen molar-refractivity contribution in [1.82, 2.24) is 19.6 Å². The van der Waals surface area contributed by atoms with Gasteiger partial charge in [0.25, 0.3) is 11.8 Å². The molecule has 0 saturated carbocycles. The second-order valence-corrected chi connectivity index (χ2v) is 9.75. The van der Waals surface area contributed by atoms with Crippen LogP contribution in [0, 0.1) is 0 Å². The van der Waals surface area contributed by atoms with E-state index in [0.29, 0.717) is 22.4 Å². The quantitative estimate of drug-likeness (QED) is 0.452. The summed E-state index contributed by atoms with van der Waals surface area (Å²) in [6.45, 7) is 7.49. The number of carbonyl (C=O) groups excluding carboxylic acids is 3. The lowest BCUT2D eigenvalue weighted by Crippen LogP contribution is -2.44. The van der Waals surface area contributed by atoms with Gasteiger partial charge in [-0.3, -0.25) is 9.59 Å². The van der Waals surface area contributed by atoms with Crippen LogP contribution in [0.3, 0.4) is 0 Å². The third-order valence-electron chi connectivity index (χ3n) is 7.24. The minimum atomic E-state index is -0.816. The Bertz CT molecular complexity index is 1400. The molecule has 0 aliphatic carbocycles. The third kappa shape index (κ3) is 5.47. The number of rotatable bonds is 7. The average molecular weight is 545 g/mol. The molecule has 11 nitrogen and oxygen atoms in total. The van der Waals surface area contributed by atoms with Crippen LogP contribution in [0.4, 0.5) is 16.3 Å². The van der Waals surface area contributed by atoms with Gasteiger partial charge >= 0.3 is 6.09 Å². The summed E-state index contributed by atoms with van der Waals surface area (Å²) >= 11 is 0. The zero-order valence-corrected chi connectivity index (χ0v) is 22.6. The number of nitrogens with zero attached hydrogens (tertiary/aromatic N) is 5. The summed E-state index contributed by atoms with van der Waals surface area (Å²) in [5.41, 5.74) is 3.22. The Morgan fingerprint density at radius 2 is 1.70 bits per heavy atom. The zero-order chi connectivity index (χ0) is 28.2. The maximum absolute atomic E-state index is 13.4. The van der Waals surface area contributed by atoms with E-state index in [-0.39, 0.29) is 30.7 Å². The lowest BCUT2D eigenvalue weighted by molar-refractivity contribution is -0.143. The van der Waals surface area contributed by atoms with Gasteiger partial charge < -0.3 is 29.5 Å². The van der Waals surface area contributed by atoms with Crippen molar-refractivity contribution in [2.24, 2.45) is 0 Å². The predicted molar refractivity (Wildman–Crippen MR) is 149 cm³/mol. The van der Waals surface area contributed by atoms with Crippen molar-refractivity contribution < 1.29 is 23.9 Å². The van der Waals surface area contributed by atoms with E-state index in [1.54, 1.807) is 17.0 Å². The molecule has 5 rings (SSSR count). The molecule has 2 amide bonds. The number of hydrogen-bond donors (Lipinski definition) is 1. The molecule has 2 aromatic carbocycles. The van der Waals surface area contributed by atoms with Crippen molar-refractivity contribution in [1.29, 1.82) is 0 Å². The van der Waals surface area contributed by atoms with Crippen LogP contribution in [0.5, 0.6) is 0 Å². The summed E-state index contributed by atoms with van der Waals surface area (Å²) in [5, 5.41) is 7.13. The van der Waals surface area contributed by atoms with Crippen LogP contribution in [0.1, 0.15) is 33.3 Å². The molecule has 1 aromatic heterocycles. The first-order valence-corrected chi connectivity index (χ1v) is 13.0. The first-order chi connectivity index (χ1) is 19.4. The number of aromatic nitrogens is 2. The minimum Gasteiger partial charge on any atom is -0.417 e. The zero-order valence-electron chi connectivity index (χ0n) is 22.6. The number of nitrogens with one attached hydrogen (secondary N) is 1. The Kier molecular flexibility index (Phi) is 7.94. The van der Waals surface area contributed by atoms with Gasteiger partial charge in [0.15, 0.2) is 11.9 Å². The molecule has 0 unspecified atom stereocenters. The largest absolute Gasteiger partial charge is 0.439 e. The maximum Gasteiger partial charge on any atom is 0.439 e. The van der Waals surface area contributed by atoms with Crippen molar-refractivity contribution >= 4 is 29.4 Å². The average Bonchev–Trinajstić information content (AvgIpc) is 3.55. The Morgan fingerprint density at radius 1 is 1.00 bits per heavy atom. The summed E-state index contributed by atoms with van der Waals surface area (Å²) in [4.78, 5) is 45.4. The van der Waals surface area contributed by atoms with Crippen molar-refractivity contribution in [2.75, 3.05) is 50.6 Å². The number of fused-ring (bicyclic) bond motifs is 1. The molecular weight excluding hydrogens is 512 g/mol. The summed E-state index contributed by atoms with van der Waals surface area (Å²) in [6, 6.07) is 16.6. The van der Waals surface area contributed by atoms with E-state index in [1.807, 2.05) is 42.5 Å². The molecule has 3 heterocycles. The van der Waals surface area contributed by atoms with Gasteiger partial charge in [-0.05, 0) is 36.9 Å². The first kappa shape index (κ1) is 27.1. The van der Waals surface area contributed by atoms with Crippen molar-refractivity contribution in [2.45, 2.75) is 19.2 Å². The Labute approximate surface area is 232 Å². The van der Waals surface area contributed by atoms with E-state index in [4.69, 9.17) is 9.47 Å². The lowest BCUT2D eigenvalue weighted by Gasteiger charge is -2.34. The van der Waals surface area contributed by atoms with Gasteiger partial charge in [0.2, 0.25) is 0 Å². The van der Waals surface area contributed by atoms with Gasteiger partial charge in [0.05, 0.1) is 25.0 Å². The van der Waals surface area contributed by atoms with Gasteiger partial charge in [-0.2, -0.15) is 4.68 Å². The molecule has 0 bridgehead atoms. The van der Waals surface area contributed by atoms with Gasteiger partial charge in [-0.1, -0.05) is 36.9 Å². The first-order valence-electron chi connectivity index (χ1n) is 13.0. The van der Waals surface area contributed by atoms with Crippen LogP contribution in [0.15, 0.2) is 67.4 Å². The standard InChI is InChI=1S/C29H32N6O5/c1-4-40-29(38)35-24-19-34(28(37)25(39-3)20-8-6-5-7-9-20)18-23(24)26(31-35)30-27(36)21-10-12-22(13-11-21)33-16-14-32(2)15-17-33/h4-13,25H,1,14-19H2,2-3H3,(H,30,31,36)/t25-/m1/s1. The van der Waals surface area contributed by atoms with Gasteiger partial charge in [-0.25, -0.2) is 4.79 Å². The van der Waals surface area contributed by atoms with E-state index in [0.717, 1.165) is 42.8 Å². The molecule has 1 fully saturated rings. The molecule has 208 valence electrons. The fourth-order valence-corrected chi connectivity index (χ4v) is 5.01. The van der Waals surface area contributed by atoms with Crippen LogP contribution in [0.2, 0.25) is 0 Å². The van der Waals surface area contributed by atoms with Crippen molar-refractivity contribution in [3.05, 3.63) is 89.8 Å². The number of likely N-dealkylation sites (N-methyl/N-ethyl adjacent to an activating group) is 1. The number of carbonyl (C=O) groups is 3. The molecule has 0 spiro atoms. The number of anilines is 2. The SMILES string of the molecule is C=COC(=O)n1nc(NC(=O)c2ccc(N3CCN(C)CC3)cc2)c2c1CN(C(=O)[C@H](OC)c1ccccc1)C2. The lowest BCUT2D eigenvalue weighted by atomic mass is 10.1. The number of methoxy groups -OCH3 is 1. The monoisotopic (exact) mass is 544 g/mol. The van der Waals surface area contributed by atoms with Gasteiger partial charge in [0, 0.05) is 50.1 Å². The Hall–Kier alpha value is -4.48. The molecular formula is C29H32N6O5. The number of benzene rings is 2. The van der Waals surface area contributed by atoms with E-state index in [9.17, 15) is 14.4 Å². The fraction of sp³-hybridized carbons (Fsp3) is 0.310. The molecule has 11 heteroatoms. The summed E-state index contributed by atoms with van der Waals surface area (Å²) in [6.07, 6.45) is -0.599. The molecule has 1 saturated heterocycles. The van der Waals surface area contributed by atoms with Crippen LogP contribution in [-0.4, -0.2) is 77.8 Å². The summed E-state index contributed by atoms with van der Waals surface area (Å²) < 4.78 is 11.5. The highest BCUT2D eigenvalue weighted by Crippen LogP contribution is 2.32. The molecule has 0 radical (unpaired) electrons. The van der Waals surface area contributed by atoms with Crippen LogP contribution < -0.4 is 10.2 Å². The second kappa shape index (κ2) is 11.7. The van der Waals surface area contributed by atoms with E-state index < -0.39 is 12.2 Å². The van der Waals surface area contributed by atoms with E-state index in [1.165, 1.54) is 7.11 Å². The van der Waals surface area contributed by atoms with Crippen LogP contribution in [0.25, 0.3) is 0 Å². The smallest absolute Gasteiger partial charge is 0.417 e. The highest BCUT2D eigenvalue weighted by molar-refractivity contribution is 6.04. The highest BCUT2D eigenvalue weighted by atomic mass is 16.5. The van der Waals surface area contributed by atoms with Crippen LogP contribution >= 0.6 is 0 Å². The summed E-state index contributed by atoms with van der Waals surface area (Å²) in [5.74, 6) is -0.461. The predicted octanol–water partition coefficient (Wildman–Crippen LogP) is 3.25. The Morgan fingerprint density at radius 3 is 2.35 bits per heavy atom. The summed E-state index contributed by atoms with van der Waals surface area (Å²) in [7, 11) is 3.58. The minimum absolute atomic E-state index is 0.0930. The fourth-order valence-electron chi connectivity index (χ4n) is 5.01. The number of amides is 2. The number of piperazine rings is 1. The van der Waals surface area contributed by atoms with Gasteiger partial charge in [-0.15, -0.1) is 5.10 Å². The van der Waals surface area contributed by atoms with Crippen LogP contribution in [-0.2, 0) is 27.4 Å². The molecule has 40 heavy (non-hydrogen) atoms. The third-order valence-corrected chi connectivity index (χ3v) is 7.24. The van der Waals surface area contributed by atoms with Gasteiger partial charge in [0.1, 0.15) is 0 Å². The maximum atomic E-state index is 13.4. The topological polar surface area (TPSA) is 109 Å². The molecule has 2 aliphatic heterocycles. The highest BCUT2D eigenvalue weighted by Gasteiger charge is 2.36. The van der Waals surface area contributed by atoms with Crippen molar-refractivity contribution in [3.8, 4) is 0 Å². The normalized spacial score (nSPS) is 15.8. The molecule has 1 N–H and O–H groups in total. The number of hydrogen-bond acceptors (Lipinski definition) is 8. The van der Waals surface area contributed by atoms with E-state index in [2.05, 4.69) is 33.8 Å².